The van der Waals surface area contributed by atoms with Crippen molar-refractivity contribution in [3.63, 3.8) is 0 Å². The van der Waals surface area contributed by atoms with Crippen molar-refractivity contribution in [1.29, 1.82) is 0 Å². The van der Waals surface area contributed by atoms with Gasteiger partial charge in [0.2, 0.25) is 0 Å². The first-order valence-corrected chi connectivity index (χ1v) is 7.85. The Morgan fingerprint density at radius 3 is 2.70 bits per heavy atom. The summed E-state index contributed by atoms with van der Waals surface area (Å²) in [5.41, 5.74) is 4.11. The fourth-order valence-corrected chi connectivity index (χ4v) is 2.33. The number of aromatic amines is 1. The lowest BCUT2D eigenvalue weighted by atomic mass is 10.1. The van der Waals surface area contributed by atoms with Gasteiger partial charge in [-0.15, -0.1) is 0 Å². The average Bonchev–Trinajstić information content (AvgIpc) is 3.18. The number of hydrazone groups is 1. The highest BCUT2D eigenvalue weighted by molar-refractivity contribution is 5.94. The zero-order valence-electron chi connectivity index (χ0n) is 14.2. The van der Waals surface area contributed by atoms with Gasteiger partial charge in [0.05, 0.1) is 29.5 Å². The molecule has 0 bridgehead atoms. The van der Waals surface area contributed by atoms with Crippen LogP contribution in [0.15, 0.2) is 59.7 Å². The molecule has 1 amide bonds. The van der Waals surface area contributed by atoms with Crippen LogP contribution in [0.4, 0.5) is 5.69 Å². The third-order valence-corrected chi connectivity index (χ3v) is 3.71. The van der Waals surface area contributed by atoms with E-state index in [1.54, 1.807) is 37.4 Å². The smallest absolute Gasteiger partial charge is 0.289 e. The number of nitrogens with one attached hydrogen (secondary N) is 2. The van der Waals surface area contributed by atoms with Crippen molar-refractivity contribution >= 4 is 17.8 Å². The molecule has 0 aliphatic heterocycles. The number of benzene rings is 2. The normalized spacial score (nSPS) is 10.7. The van der Waals surface area contributed by atoms with Crippen molar-refractivity contribution < 1.29 is 14.5 Å². The second kappa shape index (κ2) is 7.91. The van der Waals surface area contributed by atoms with Crippen LogP contribution >= 0.6 is 0 Å². The summed E-state index contributed by atoms with van der Waals surface area (Å²) in [5.74, 6) is 0.202. The highest BCUT2D eigenvalue weighted by atomic mass is 16.6. The van der Waals surface area contributed by atoms with Gasteiger partial charge in [-0.25, -0.2) is 5.43 Å². The molecule has 0 saturated heterocycles. The van der Waals surface area contributed by atoms with Gasteiger partial charge in [0.15, 0.2) is 0 Å². The molecule has 1 aromatic heterocycles. The molecule has 0 aliphatic rings. The van der Waals surface area contributed by atoms with Crippen molar-refractivity contribution in [2.45, 2.75) is 0 Å². The van der Waals surface area contributed by atoms with E-state index in [1.165, 1.54) is 18.3 Å². The molecule has 0 saturated carbocycles. The molecular weight excluding hydrogens is 350 g/mol. The number of carbonyl (C=O) groups is 1. The molecule has 1 heterocycles. The molecule has 0 spiro atoms. The van der Waals surface area contributed by atoms with Crippen LogP contribution < -0.4 is 10.2 Å². The van der Waals surface area contributed by atoms with Crippen molar-refractivity contribution in [2.75, 3.05) is 7.11 Å². The number of H-pyrrole nitrogens is 1. The number of nitro groups is 1. The minimum atomic E-state index is -0.517. The molecule has 0 aliphatic carbocycles. The van der Waals surface area contributed by atoms with Crippen LogP contribution in [0, 0.1) is 10.1 Å². The number of aromatic nitrogens is 2. The van der Waals surface area contributed by atoms with E-state index in [0.29, 0.717) is 5.69 Å². The number of ether oxygens (including phenoxy) is 1. The van der Waals surface area contributed by atoms with E-state index in [4.69, 9.17) is 4.74 Å². The summed E-state index contributed by atoms with van der Waals surface area (Å²) in [7, 11) is 1.58. The SMILES string of the molecule is COc1ccc(-c2cc(C(=O)NN=Cc3ccccc3[N+](=O)[O-])[nH]n2)cc1. The Labute approximate surface area is 153 Å². The molecule has 9 nitrogen and oxygen atoms in total. The quantitative estimate of drug-likeness (QED) is 0.395. The maximum absolute atomic E-state index is 12.1. The van der Waals surface area contributed by atoms with Gasteiger partial charge in [-0.1, -0.05) is 12.1 Å². The lowest BCUT2D eigenvalue weighted by molar-refractivity contribution is -0.385. The molecule has 3 aromatic rings. The Morgan fingerprint density at radius 1 is 1.26 bits per heavy atom. The predicted molar refractivity (Wildman–Crippen MR) is 98.7 cm³/mol. The lowest BCUT2D eigenvalue weighted by Crippen LogP contribution is -2.18. The molecule has 27 heavy (non-hydrogen) atoms. The maximum atomic E-state index is 12.1. The third-order valence-electron chi connectivity index (χ3n) is 3.71. The molecule has 3 rings (SSSR count). The van der Waals surface area contributed by atoms with E-state index in [2.05, 4.69) is 20.7 Å². The minimum Gasteiger partial charge on any atom is -0.497 e. The Balaban J connectivity index is 1.68. The Hall–Kier alpha value is -4.01. The maximum Gasteiger partial charge on any atom is 0.289 e. The summed E-state index contributed by atoms with van der Waals surface area (Å²) in [6.45, 7) is 0. The molecule has 0 radical (unpaired) electrons. The van der Waals surface area contributed by atoms with Gasteiger partial charge in [-0.05, 0) is 36.4 Å². The largest absolute Gasteiger partial charge is 0.497 e. The fourth-order valence-electron chi connectivity index (χ4n) is 2.33. The van der Waals surface area contributed by atoms with E-state index >= 15 is 0 Å². The molecule has 2 aromatic carbocycles. The Kier molecular flexibility index (Phi) is 5.22. The molecule has 0 unspecified atom stereocenters. The number of rotatable bonds is 6. The van der Waals surface area contributed by atoms with Gasteiger partial charge in [-0.3, -0.25) is 20.0 Å². The zero-order valence-corrected chi connectivity index (χ0v) is 14.2. The Morgan fingerprint density at radius 2 is 2.00 bits per heavy atom. The second-order valence-electron chi connectivity index (χ2n) is 5.41. The lowest BCUT2D eigenvalue weighted by Gasteiger charge is -2.00. The van der Waals surface area contributed by atoms with E-state index in [9.17, 15) is 14.9 Å². The van der Waals surface area contributed by atoms with Crippen LogP contribution in [-0.2, 0) is 0 Å². The summed E-state index contributed by atoms with van der Waals surface area (Å²) in [6, 6.07) is 14.9. The number of para-hydroxylation sites is 1. The number of carbonyl (C=O) groups excluding carboxylic acids is 1. The number of hydrogen-bond donors (Lipinski definition) is 2. The van der Waals surface area contributed by atoms with Crippen LogP contribution in [0.3, 0.4) is 0 Å². The third kappa shape index (κ3) is 4.15. The monoisotopic (exact) mass is 365 g/mol. The molecule has 2 N–H and O–H groups in total. The van der Waals surface area contributed by atoms with E-state index in [0.717, 1.165) is 11.3 Å². The van der Waals surface area contributed by atoms with Crippen LogP contribution in [0.1, 0.15) is 16.1 Å². The summed E-state index contributed by atoms with van der Waals surface area (Å²) >= 11 is 0. The van der Waals surface area contributed by atoms with Gasteiger partial charge in [0.1, 0.15) is 11.4 Å². The van der Waals surface area contributed by atoms with Gasteiger partial charge in [0.25, 0.3) is 11.6 Å². The van der Waals surface area contributed by atoms with Gasteiger partial charge >= 0.3 is 0 Å². The minimum absolute atomic E-state index is 0.0983. The second-order valence-corrected chi connectivity index (χ2v) is 5.41. The molecule has 136 valence electrons. The number of amides is 1. The summed E-state index contributed by atoms with van der Waals surface area (Å²) < 4.78 is 5.10. The summed E-state index contributed by atoms with van der Waals surface area (Å²) in [4.78, 5) is 22.6. The van der Waals surface area contributed by atoms with E-state index < -0.39 is 10.8 Å². The fraction of sp³-hybridized carbons (Fsp3) is 0.0556. The average molecular weight is 365 g/mol. The van der Waals surface area contributed by atoms with Crippen molar-refractivity contribution in [3.8, 4) is 17.0 Å². The first-order valence-electron chi connectivity index (χ1n) is 7.85. The first kappa shape index (κ1) is 17.8. The number of nitro benzene ring substituents is 1. The van der Waals surface area contributed by atoms with Crippen molar-refractivity contribution in [1.82, 2.24) is 15.6 Å². The van der Waals surface area contributed by atoms with Crippen LogP contribution in [0.25, 0.3) is 11.3 Å². The highest BCUT2D eigenvalue weighted by Crippen LogP contribution is 2.21. The van der Waals surface area contributed by atoms with E-state index in [1.807, 2.05) is 12.1 Å². The van der Waals surface area contributed by atoms with Crippen LogP contribution in [0.2, 0.25) is 0 Å². The van der Waals surface area contributed by atoms with Gasteiger partial charge < -0.3 is 4.74 Å². The first-order chi connectivity index (χ1) is 13.1. The summed E-state index contributed by atoms with van der Waals surface area (Å²) in [5, 5.41) is 21.5. The van der Waals surface area contributed by atoms with Crippen molar-refractivity contribution in [3.05, 3.63) is 76.0 Å². The summed E-state index contributed by atoms with van der Waals surface area (Å²) in [6.07, 6.45) is 1.22. The highest BCUT2D eigenvalue weighted by Gasteiger charge is 2.12. The van der Waals surface area contributed by atoms with E-state index in [-0.39, 0.29) is 16.9 Å². The molecule has 9 heteroatoms. The standard InChI is InChI=1S/C18H15N5O4/c1-27-14-8-6-12(7-9-14)15-10-16(21-20-15)18(24)22-19-11-13-4-2-3-5-17(13)23(25)26/h2-11H,1H3,(H,20,21)(H,22,24). The molecule has 0 fully saturated rings. The number of methoxy groups -OCH3 is 1. The van der Waals surface area contributed by atoms with Gasteiger partial charge in [-0.2, -0.15) is 10.2 Å². The van der Waals surface area contributed by atoms with Crippen molar-refractivity contribution in [2.24, 2.45) is 5.10 Å². The van der Waals surface area contributed by atoms with Crippen LogP contribution in [0.5, 0.6) is 5.75 Å². The number of hydrogen-bond acceptors (Lipinski definition) is 6. The molecule has 0 atom stereocenters. The predicted octanol–water partition coefficient (Wildman–Crippen LogP) is 2.76. The van der Waals surface area contributed by atoms with Crippen LogP contribution in [-0.4, -0.2) is 34.4 Å². The topological polar surface area (TPSA) is 123 Å². The molecular formula is C18H15N5O4. The van der Waals surface area contributed by atoms with Gasteiger partial charge in [0, 0.05) is 11.6 Å². The number of nitrogens with zero attached hydrogens (tertiary/aromatic N) is 3. The Bertz CT molecular complexity index is 995. The zero-order chi connectivity index (χ0) is 19.2.